The van der Waals surface area contributed by atoms with Crippen LogP contribution in [0.1, 0.15) is 30.9 Å². The van der Waals surface area contributed by atoms with E-state index in [-0.39, 0.29) is 11.9 Å². The standard InChI is InChI=1S/C14H20N2O/c1-9-4-5-10(2)13(8-9)15-11(3)14(17)16-12-6-7-12/h4-5,8,11-12,15H,6-7H2,1-3H3,(H,16,17)/t11-/m0/s1. The first-order valence-corrected chi connectivity index (χ1v) is 6.20. The van der Waals surface area contributed by atoms with Gasteiger partial charge in [-0.3, -0.25) is 4.79 Å². The van der Waals surface area contributed by atoms with E-state index in [1.165, 1.54) is 11.1 Å². The average Bonchev–Trinajstić information content (AvgIpc) is 3.07. The molecule has 0 unspecified atom stereocenters. The number of amides is 1. The maximum atomic E-state index is 11.8. The van der Waals surface area contributed by atoms with E-state index in [1.54, 1.807) is 0 Å². The minimum absolute atomic E-state index is 0.0911. The van der Waals surface area contributed by atoms with E-state index in [2.05, 4.69) is 35.8 Å². The van der Waals surface area contributed by atoms with Crippen molar-refractivity contribution >= 4 is 11.6 Å². The van der Waals surface area contributed by atoms with E-state index < -0.39 is 0 Å². The summed E-state index contributed by atoms with van der Waals surface area (Å²) < 4.78 is 0. The molecule has 0 bridgehead atoms. The molecule has 17 heavy (non-hydrogen) atoms. The summed E-state index contributed by atoms with van der Waals surface area (Å²) in [6.45, 7) is 6.01. The summed E-state index contributed by atoms with van der Waals surface area (Å²) in [5.74, 6) is 0.0911. The van der Waals surface area contributed by atoms with Crippen molar-refractivity contribution in [2.24, 2.45) is 0 Å². The van der Waals surface area contributed by atoms with Crippen molar-refractivity contribution in [2.75, 3.05) is 5.32 Å². The maximum absolute atomic E-state index is 11.8. The van der Waals surface area contributed by atoms with Crippen LogP contribution in [-0.4, -0.2) is 18.0 Å². The molecule has 3 nitrogen and oxygen atoms in total. The molecule has 1 fully saturated rings. The van der Waals surface area contributed by atoms with Crippen molar-refractivity contribution < 1.29 is 4.79 Å². The van der Waals surface area contributed by atoms with E-state index >= 15 is 0 Å². The van der Waals surface area contributed by atoms with Gasteiger partial charge >= 0.3 is 0 Å². The molecule has 1 aromatic rings. The zero-order valence-electron chi connectivity index (χ0n) is 10.7. The second-order valence-electron chi connectivity index (χ2n) is 4.97. The lowest BCUT2D eigenvalue weighted by molar-refractivity contribution is -0.121. The zero-order valence-corrected chi connectivity index (χ0v) is 10.7. The van der Waals surface area contributed by atoms with Gasteiger partial charge in [-0.05, 0) is 50.8 Å². The van der Waals surface area contributed by atoms with Crippen molar-refractivity contribution in [3.05, 3.63) is 29.3 Å². The Bertz CT molecular complexity index is 424. The highest BCUT2D eigenvalue weighted by atomic mass is 16.2. The normalized spacial score (nSPS) is 16.4. The lowest BCUT2D eigenvalue weighted by atomic mass is 10.1. The first-order chi connectivity index (χ1) is 8.06. The summed E-state index contributed by atoms with van der Waals surface area (Å²) in [6.07, 6.45) is 2.25. The van der Waals surface area contributed by atoms with E-state index in [0.717, 1.165) is 18.5 Å². The predicted octanol–water partition coefficient (Wildman–Crippen LogP) is 2.38. The van der Waals surface area contributed by atoms with Gasteiger partial charge < -0.3 is 10.6 Å². The number of aryl methyl sites for hydroxylation is 2. The lowest BCUT2D eigenvalue weighted by Crippen LogP contribution is -2.38. The molecule has 1 aromatic carbocycles. The average molecular weight is 232 g/mol. The number of nitrogens with one attached hydrogen (secondary N) is 2. The summed E-state index contributed by atoms with van der Waals surface area (Å²) >= 11 is 0. The van der Waals surface area contributed by atoms with Crippen molar-refractivity contribution in [3.63, 3.8) is 0 Å². The molecule has 1 amide bonds. The molecule has 0 heterocycles. The molecule has 0 radical (unpaired) electrons. The Hall–Kier alpha value is -1.51. The summed E-state index contributed by atoms with van der Waals surface area (Å²) in [5.41, 5.74) is 3.41. The van der Waals surface area contributed by atoms with Gasteiger partial charge in [0.05, 0.1) is 0 Å². The van der Waals surface area contributed by atoms with Crippen LogP contribution in [0.5, 0.6) is 0 Å². The van der Waals surface area contributed by atoms with Gasteiger partial charge in [0.2, 0.25) is 5.91 Å². The van der Waals surface area contributed by atoms with E-state index in [9.17, 15) is 4.79 Å². The first-order valence-electron chi connectivity index (χ1n) is 6.20. The summed E-state index contributed by atoms with van der Waals surface area (Å²) in [6, 6.07) is 6.47. The molecule has 1 atom stereocenters. The van der Waals surface area contributed by atoms with Crippen LogP contribution in [0, 0.1) is 13.8 Å². The fraction of sp³-hybridized carbons (Fsp3) is 0.500. The third-order valence-corrected chi connectivity index (χ3v) is 3.08. The van der Waals surface area contributed by atoms with Crippen LogP contribution in [0.25, 0.3) is 0 Å². The highest BCUT2D eigenvalue weighted by Gasteiger charge is 2.25. The van der Waals surface area contributed by atoms with Crippen molar-refractivity contribution in [2.45, 2.75) is 45.7 Å². The van der Waals surface area contributed by atoms with Crippen molar-refractivity contribution in [1.82, 2.24) is 5.32 Å². The zero-order chi connectivity index (χ0) is 12.4. The highest BCUT2D eigenvalue weighted by molar-refractivity contribution is 5.84. The molecule has 0 spiro atoms. The number of carbonyl (C=O) groups excluding carboxylic acids is 1. The Kier molecular flexibility index (Phi) is 3.36. The van der Waals surface area contributed by atoms with Crippen LogP contribution in [0.15, 0.2) is 18.2 Å². The van der Waals surface area contributed by atoms with E-state index in [1.807, 2.05) is 13.8 Å². The van der Waals surface area contributed by atoms with E-state index in [0.29, 0.717) is 6.04 Å². The lowest BCUT2D eigenvalue weighted by Gasteiger charge is -2.17. The van der Waals surface area contributed by atoms with Gasteiger partial charge in [0.1, 0.15) is 6.04 Å². The van der Waals surface area contributed by atoms with Gasteiger partial charge in [-0.1, -0.05) is 12.1 Å². The molecule has 0 aromatic heterocycles. The Morgan fingerprint density at radius 1 is 1.35 bits per heavy atom. The van der Waals surface area contributed by atoms with Gasteiger partial charge in [-0.2, -0.15) is 0 Å². The summed E-state index contributed by atoms with van der Waals surface area (Å²) in [7, 11) is 0. The van der Waals surface area contributed by atoms with Gasteiger partial charge in [-0.15, -0.1) is 0 Å². The number of hydrogen-bond acceptors (Lipinski definition) is 2. The largest absolute Gasteiger partial charge is 0.374 e. The smallest absolute Gasteiger partial charge is 0.242 e. The van der Waals surface area contributed by atoms with Crippen LogP contribution < -0.4 is 10.6 Å². The fourth-order valence-corrected chi connectivity index (χ4v) is 1.74. The summed E-state index contributed by atoms with van der Waals surface area (Å²) in [4.78, 5) is 11.8. The van der Waals surface area contributed by atoms with Gasteiger partial charge in [-0.25, -0.2) is 0 Å². The SMILES string of the molecule is Cc1ccc(C)c(N[C@@H](C)C(=O)NC2CC2)c1. The Labute approximate surface area is 103 Å². The molecule has 92 valence electrons. The highest BCUT2D eigenvalue weighted by Crippen LogP contribution is 2.20. The molecule has 3 heteroatoms. The minimum atomic E-state index is -0.184. The van der Waals surface area contributed by atoms with Crippen molar-refractivity contribution in [1.29, 1.82) is 0 Å². The Morgan fingerprint density at radius 3 is 2.71 bits per heavy atom. The maximum Gasteiger partial charge on any atom is 0.242 e. The second kappa shape index (κ2) is 4.78. The quantitative estimate of drug-likeness (QED) is 0.837. The number of benzene rings is 1. The Balaban J connectivity index is 1.98. The number of rotatable bonds is 4. The van der Waals surface area contributed by atoms with E-state index in [4.69, 9.17) is 0 Å². The van der Waals surface area contributed by atoms with Gasteiger partial charge in [0, 0.05) is 11.7 Å². The first kappa shape index (κ1) is 12.0. The van der Waals surface area contributed by atoms with Crippen molar-refractivity contribution in [3.8, 4) is 0 Å². The van der Waals surface area contributed by atoms with Gasteiger partial charge in [0.15, 0.2) is 0 Å². The monoisotopic (exact) mass is 232 g/mol. The molecule has 0 aliphatic heterocycles. The molecular formula is C14H20N2O. The Morgan fingerprint density at radius 2 is 2.06 bits per heavy atom. The molecule has 2 rings (SSSR count). The molecule has 1 saturated carbocycles. The topological polar surface area (TPSA) is 41.1 Å². The van der Waals surface area contributed by atoms with Crippen LogP contribution in [0.2, 0.25) is 0 Å². The third-order valence-electron chi connectivity index (χ3n) is 3.08. The number of hydrogen-bond donors (Lipinski definition) is 2. The number of carbonyl (C=O) groups is 1. The van der Waals surface area contributed by atoms with Crippen LogP contribution in [0.4, 0.5) is 5.69 Å². The second-order valence-corrected chi connectivity index (χ2v) is 4.97. The van der Waals surface area contributed by atoms with Gasteiger partial charge in [0.25, 0.3) is 0 Å². The van der Waals surface area contributed by atoms with Crippen LogP contribution in [0.3, 0.4) is 0 Å². The number of anilines is 1. The molecular weight excluding hydrogens is 212 g/mol. The molecule has 0 saturated heterocycles. The molecule has 2 N–H and O–H groups in total. The fourth-order valence-electron chi connectivity index (χ4n) is 1.74. The molecule has 1 aliphatic carbocycles. The van der Waals surface area contributed by atoms with Crippen LogP contribution in [-0.2, 0) is 4.79 Å². The minimum Gasteiger partial charge on any atom is -0.374 e. The predicted molar refractivity (Wildman–Crippen MR) is 70.2 cm³/mol. The molecule has 1 aliphatic rings. The van der Waals surface area contributed by atoms with Crippen LogP contribution >= 0.6 is 0 Å². The summed E-state index contributed by atoms with van der Waals surface area (Å²) in [5, 5.41) is 6.28. The third kappa shape index (κ3) is 3.22.